The highest BCUT2D eigenvalue weighted by atomic mass is 79.9. The van der Waals surface area contributed by atoms with Crippen molar-refractivity contribution in [1.82, 2.24) is 9.88 Å². The Morgan fingerprint density at radius 3 is 2.93 bits per heavy atom. The molecule has 7 nitrogen and oxygen atoms in total. The zero-order chi connectivity index (χ0) is 20.1. The van der Waals surface area contributed by atoms with Crippen molar-refractivity contribution < 1.29 is 19.1 Å². The molecule has 1 amide bonds. The average molecular weight is 444 g/mol. The number of hydrogen-bond donors (Lipinski definition) is 0. The van der Waals surface area contributed by atoms with Gasteiger partial charge < -0.3 is 14.4 Å². The quantitative estimate of drug-likeness (QED) is 0.502. The van der Waals surface area contributed by atoms with E-state index in [-0.39, 0.29) is 24.6 Å². The fraction of sp³-hybridized carbons (Fsp3) is 0.300. The van der Waals surface area contributed by atoms with Gasteiger partial charge in [0.1, 0.15) is 0 Å². The van der Waals surface area contributed by atoms with Crippen LogP contribution in [0.5, 0.6) is 11.5 Å². The van der Waals surface area contributed by atoms with Gasteiger partial charge >= 0.3 is 5.97 Å². The van der Waals surface area contributed by atoms with Crippen molar-refractivity contribution in [2.75, 3.05) is 13.2 Å². The molecule has 0 N–H and O–H groups in total. The van der Waals surface area contributed by atoms with Crippen molar-refractivity contribution in [2.24, 2.45) is 5.92 Å². The van der Waals surface area contributed by atoms with Gasteiger partial charge in [-0.3, -0.25) is 14.6 Å². The lowest BCUT2D eigenvalue weighted by Gasteiger charge is -2.17. The second-order valence-corrected chi connectivity index (χ2v) is 7.10. The first-order valence-corrected chi connectivity index (χ1v) is 9.57. The van der Waals surface area contributed by atoms with Gasteiger partial charge in [0.2, 0.25) is 5.91 Å². The van der Waals surface area contributed by atoms with Crippen molar-refractivity contribution in [3.63, 3.8) is 0 Å². The molecule has 1 atom stereocenters. The van der Waals surface area contributed by atoms with Crippen LogP contribution in [0.3, 0.4) is 0 Å². The highest BCUT2D eigenvalue weighted by Crippen LogP contribution is 2.37. The zero-order valence-electron chi connectivity index (χ0n) is 15.2. The first-order chi connectivity index (χ1) is 13.5. The molecule has 0 bridgehead atoms. The predicted octanol–water partition coefficient (Wildman–Crippen LogP) is 3.07. The number of rotatable bonds is 6. The molecule has 0 aliphatic carbocycles. The summed E-state index contributed by atoms with van der Waals surface area (Å²) in [6.07, 6.45) is 1.75. The first-order valence-electron chi connectivity index (χ1n) is 8.77. The summed E-state index contributed by atoms with van der Waals surface area (Å²) in [7, 11) is 0. The standard InChI is InChI=1S/C20H18BrN3O4/c1-2-27-17-8-13(10-22)7-16(21)19(17)28-20(26)14-9-18(25)24(11-14)12-15-5-3-4-6-23-15/h3-8,14H,2,9,11-12H2,1H3. The number of aromatic nitrogens is 1. The minimum Gasteiger partial charge on any atom is -0.490 e. The van der Waals surface area contributed by atoms with E-state index in [9.17, 15) is 9.59 Å². The SMILES string of the molecule is CCOc1cc(C#N)cc(Br)c1OC(=O)C1CC(=O)N(Cc2ccccn2)C1. The van der Waals surface area contributed by atoms with Gasteiger partial charge in [0.25, 0.3) is 0 Å². The van der Waals surface area contributed by atoms with Crippen LogP contribution in [-0.4, -0.2) is 34.9 Å². The van der Waals surface area contributed by atoms with Crippen LogP contribution in [0.25, 0.3) is 0 Å². The van der Waals surface area contributed by atoms with Gasteiger partial charge in [-0.05, 0) is 41.1 Å². The molecule has 3 rings (SSSR count). The van der Waals surface area contributed by atoms with Gasteiger partial charge in [-0.2, -0.15) is 5.26 Å². The summed E-state index contributed by atoms with van der Waals surface area (Å²) >= 11 is 3.32. The van der Waals surface area contributed by atoms with E-state index in [1.807, 2.05) is 18.2 Å². The summed E-state index contributed by atoms with van der Waals surface area (Å²) < 4.78 is 11.5. The van der Waals surface area contributed by atoms with E-state index < -0.39 is 11.9 Å². The minimum atomic E-state index is -0.576. The molecule has 1 aromatic heterocycles. The third-order valence-corrected chi connectivity index (χ3v) is 4.86. The summed E-state index contributed by atoms with van der Waals surface area (Å²) in [4.78, 5) is 30.8. The summed E-state index contributed by atoms with van der Waals surface area (Å²) in [5.41, 5.74) is 1.14. The highest BCUT2D eigenvalue weighted by Gasteiger charge is 2.36. The Morgan fingerprint density at radius 2 is 2.25 bits per heavy atom. The van der Waals surface area contributed by atoms with Crippen molar-refractivity contribution >= 4 is 27.8 Å². The van der Waals surface area contributed by atoms with E-state index in [0.717, 1.165) is 5.69 Å². The van der Waals surface area contributed by atoms with Gasteiger partial charge in [-0.1, -0.05) is 6.07 Å². The maximum absolute atomic E-state index is 12.7. The van der Waals surface area contributed by atoms with E-state index in [4.69, 9.17) is 14.7 Å². The molecule has 1 fully saturated rings. The van der Waals surface area contributed by atoms with Crippen molar-refractivity contribution in [1.29, 1.82) is 5.26 Å². The molecule has 2 aromatic rings. The predicted molar refractivity (Wildman–Crippen MR) is 103 cm³/mol. The normalized spacial score (nSPS) is 16.0. The smallest absolute Gasteiger partial charge is 0.316 e. The number of carbonyl (C=O) groups excluding carboxylic acids is 2. The van der Waals surface area contributed by atoms with E-state index >= 15 is 0 Å². The maximum Gasteiger partial charge on any atom is 0.316 e. The largest absolute Gasteiger partial charge is 0.490 e. The highest BCUT2D eigenvalue weighted by molar-refractivity contribution is 9.10. The molecular weight excluding hydrogens is 426 g/mol. The Hall–Kier alpha value is -2.92. The Morgan fingerprint density at radius 1 is 1.43 bits per heavy atom. The Labute approximate surface area is 171 Å². The molecule has 28 heavy (non-hydrogen) atoms. The van der Waals surface area contributed by atoms with Gasteiger partial charge in [0, 0.05) is 25.2 Å². The van der Waals surface area contributed by atoms with E-state index in [1.54, 1.807) is 30.2 Å². The first kappa shape index (κ1) is 19.8. The fourth-order valence-electron chi connectivity index (χ4n) is 2.95. The third kappa shape index (κ3) is 4.49. The number of carbonyl (C=O) groups is 2. The summed E-state index contributed by atoms with van der Waals surface area (Å²) in [6.45, 7) is 2.77. The van der Waals surface area contributed by atoms with Crippen LogP contribution in [0.15, 0.2) is 41.0 Å². The second-order valence-electron chi connectivity index (χ2n) is 6.25. The molecular formula is C20H18BrN3O4. The number of nitriles is 1. The molecule has 1 saturated heterocycles. The number of halogens is 1. The van der Waals surface area contributed by atoms with Gasteiger partial charge in [0.15, 0.2) is 11.5 Å². The molecule has 144 valence electrons. The Bertz CT molecular complexity index is 927. The van der Waals surface area contributed by atoms with Crippen LogP contribution in [0.4, 0.5) is 0 Å². The average Bonchev–Trinajstić information content (AvgIpc) is 3.05. The molecule has 1 aromatic carbocycles. The monoisotopic (exact) mass is 443 g/mol. The van der Waals surface area contributed by atoms with Crippen LogP contribution in [-0.2, 0) is 16.1 Å². The number of esters is 1. The Balaban J connectivity index is 1.72. The molecule has 0 radical (unpaired) electrons. The summed E-state index contributed by atoms with van der Waals surface area (Å²) in [6, 6.07) is 10.6. The molecule has 0 saturated carbocycles. The molecule has 1 aliphatic rings. The molecule has 0 spiro atoms. The van der Waals surface area contributed by atoms with E-state index in [0.29, 0.717) is 28.9 Å². The van der Waals surface area contributed by atoms with Gasteiger partial charge in [-0.25, -0.2) is 0 Å². The van der Waals surface area contributed by atoms with Crippen LogP contribution in [0, 0.1) is 17.2 Å². The number of ether oxygens (including phenoxy) is 2. The zero-order valence-corrected chi connectivity index (χ0v) is 16.8. The van der Waals surface area contributed by atoms with Crippen LogP contribution in [0.2, 0.25) is 0 Å². The van der Waals surface area contributed by atoms with Crippen molar-refractivity contribution in [3.05, 3.63) is 52.3 Å². The van der Waals surface area contributed by atoms with Crippen LogP contribution in [0.1, 0.15) is 24.6 Å². The van der Waals surface area contributed by atoms with E-state index in [2.05, 4.69) is 20.9 Å². The minimum absolute atomic E-state index is 0.0868. The van der Waals surface area contributed by atoms with E-state index in [1.165, 1.54) is 6.07 Å². The number of likely N-dealkylation sites (tertiary alicyclic amines) is 1. The van der Waals surface area contributed by atoms with Gasteiger partial charge in [0.05, 0.1) is 40.9 Å². The number of benzene rings is 1. The number of amides is 1. The summed E-state index contributed by atoms with van der Waals surface area (Å²) in [5.74, 6) is -0.689. The molecule has 2 heterocycles. The second kappa shape index (κ2) is 8.85. The lowest BCUT2D eigenvalue weighted by molar-refractivity contribution is -0.139. The maximum atomic E-state index is 12.7. The molecule has 1 aliphatic heterocycles. The van der Waals surface area contributed by atoms with Crippen LogP contribution < -0.4 is 9.47 Å². The lowest BCUT2D eigenvalue weighted by Crippen LogP contribution is -2.27. The number of hydrogen-bond acceptors (Lipinski definition) is 6. The fourth-order valence-corrected chi connectivity index (χ4v) is 3.47. The third-order valence-electron chi connectivity index (χ3n) is 4.27. The van der Waals surface area contributed by atoms with Crippen LogP contribution >= 0.6 is 15.9 Å². The van der Waals surface area contributed by atoms with Crippen molar-refractivity contribution in [3.8, 4) is 17.6 Å². The van der Waals surface area contributed by atoms with Crippen molar-refractivity contribution in [2.45, 2.75) is 19.9 Å². The van der Waals surface area contributed by atoms with Gasteiger partial charge in [-0.15, -0.1) is 0 Å². The summed E-state index contributed by atoms with van der Waals surface area (Å²) in [5, 5.41) is 9.10. The number of nitrogens with zero attached hydrogens (tertiary/aromatic N) is 3. The Kier molecular flexibility index (Phi) is 6.26. The lowest BCUT2D eigenvalue weighted by atomic mass is 10.1. The topological polar surface area (TPSA) is 92.5 Å². The molecule has 1 unspecified atom stereocenters. The molecule has 8 heteroatoms. The number of pyridine rings is 1.